The Balaban J connectivity index is 1.20. The normalized spacial score (nSPS) is 19.8. The lowest BCUT2D eigenvalue weighted by Crippen LogP contribution is -2.43. The van der Waals surface area contributed by atoms with Crippen molar-refractivity contribution in [1.82, 2.24) is 25.1 Å². The van der Waals surface area contributed by atoms with Crippen molar-refractivity contribution in [3.63, 3.8) is 0 Å². The van der Waals surface area contributed by atoms with Crippen molar-refractivity contribution in [3.05, 3.63) is 70.3 Å². The number of ketones is 1. The van der Waals surface area contributed by atoms with Gasteiger partial charge >= 0.3 is 5.63 Å². The van der Waals surface area contributed by atoms with Crippen LogP contribution in [0.25, 0.3) is 33.1 Å². The Labute approximate surface area is 248 Å². The first-order chi connectivity index (χ1) is 20.7. The van der Waals surface area contributed by atoms with Crippen LogP contribution in [0.4, 0.5) is 17.3 Å². The molecular formula is C33H35N7O3. The van der Waals surface area contributed by atoms with Crippen LogP contribution in [0.15, 0.2) is 57.9 Å². The number of carbonyl (C=O) groups excluding carboxylic acids is 1. The SMILES string of the molecule is CC(=O)c1c(NC2C[C@H]3CC[C@@H](C2)N3)c2ccc(Nc3nccc(-c4ccc5nn(C)c(C(C)C)c5c4)n3)cc2oc1=O. The lowest BCUT2D eigenvalue weighted by Gasteiger charge is -2.31. The molecule has 43 heavy (non-hydrogen) atoms. The van der Waals surface area contributed by atoms with E-state index in [1.165, 1.54) is 12.6 Å². The Morgan fingerprint density at radius 2 is 1.86 bits per heavy atom. The highest BCUT2D eigenvalue weighted by atomic mass is 16.4. The maximum atomic E-state index is 13.0. The van der Waals surface area contributed by atoms with Gasteiger partial charge in [0.1, 0.15) is 11.1 Å². The van der Waals surface area contributed by atoms with Crippen LogP contribution in [0, 0.1) is 0 Å². The van der Waals surface area contributed by atoms with Gasteiger partial charge in [-0.2, -0.15) is 5.10 Å². The zero-order valence-corrected chi connectivity index (χ0v) is 24.8. The number of carbonyl (C=O) groups is 1. The molecule has 3 N–H and O–H groups in total. The topological polar surface area (TPSA) is 127 Å². The zero-order chi connectivity index (χ0) is 29.8. The van der Waals surface area contributed by atoms with E-state index in [0.717, 1.165) is 47.8 Å². The molecule has 2 aromatic carbocycles. The molecular weight excluding hydrogens is 542 g/mol. The first-order valence-electron chi connectivity index (χ1n) is 14.9. The molecule has 0 radical (unpaired) electrons. The number of anilines is 3. The maximum Gasteiger partial charge on any atom is 0.349 e. The van der Waals surface area contributed by atoms with Gasteiger partial charge in [0.2, 0.25) is 5.95 Å². The lowest BCUT2D eigenvalue weighted by atomic mass is 9.98. The quantitative estimate of drug-likeness (QED) is 0.160. The van der Waals surface area contributed by atoms with Crippen LogP contribution < -0.4 is 21.6 Å². The number of fused-ring (bicyclic) bond motifs is 4. The van der Waals surface area contributed by atoms with E-state index >= 15 is 0 Å². The number of aryl methyl sites for hydroxylation is 1. The molecule has 0 spiro atoms. The van der Waals surface area contributed by atoms with Crippen molar-refractivity contribution in [1.29, 1.82) is 0 Å². The average Bonchev–Trinajstić information content (AvgIpc) is 3.49. The van der Waals surface area contributed by atoms with Gasteiger partial charge in [-0.3, -0.25) is 9.48 Å². The second-order valence-corrected chi connectivity index (χ2v) is 12.1. The number of benzene rings is 2. The largest absolute Gasteiger partial charge is 0.422 e. The number of nitrogens with one attached hydrogen (secondary N) is 3. The fraction of sp³-hybridized carbons (Fsp3) is 0.364. The number of hydrogen-bond acceptors (Lipinski definition) is 9. The summed E-state index contributed by atoms with van der Waals surface area (Å²) < 4.78 is 7.61. The number of nitrogens with zero attached hydrogens (tertiary/aromatic N) is 4. The molecule has 0 amide bonds. The van der Waals surface area contributed by atoms with Gasteiger partial charge in [-0.1, -0.05) is 19.9 Å². The van der Waals surface area contributed by atoms with Gasteiger partial charge in [0.15, 0.2) is 5.78 Å². The minimum Gasteiger partial charge on any atom is -0.422 e. The van der Waals surface area contributed by atoms with Gasteiger partial charge in [-0.05, 0) is 68.9 Å². The molecule has 2 aliphatic heterocycles. The van der Waals surface area contributed by atoms with E-state index in [0.29, 0.717) is 46.3 Å². The third-order valence-electron chi connectivity index (χ3n) is 8.71. The maximum absolute atomic E-state index is 13.0. The highest BCUT2D eigenvalue weighted by molar-refractivity contribution is 6.06. The minimum atomic E-state index is -0.638. The van der Waals surface area contributed by atoms with Crippen LogP contribution in [0.5, 0.6) is 0 Å². The Hall–Kier alpha value is -4.57. The predicted molar refractivity (Wildman–Crippen MR) is 168 cm³/mol. The van der Waals surface area contributed by atoms with E-state index in [-0.39, 0.29) is 17.4 Å². The molecule has 5 aromatic rings. The zero-order valence-electron chi connectivity index (χ0n) is 24.8. The van der Waals surface area contributed by atoms with E-state index in [9.17, 15) is 9.59 Å². The lowest BCUT2D eigenvalue weighted by molar-refractivity contribution is 0.101. The summed E-state index contributed by atoms with van der Waals surface area (Å²) in [6.45, 7) is 5.74. The molecule has 2 aliphatic rings. The Kier molecular flexibility index (Phi) is 6.73. The number of Topliss-reactive ketones (excluding diaryl/α,β-unsaturated/α-hetero) is 1. The smallest absolute Gasteiger partial charge is 0.349 e. The van der Waals surface area contributed by atoms with Crippen molar-refractivity contribution >= 4 is 45.0 Å². The first kappa shape index (κ1) is 27.3. The summed E-state index contributed by atoms with van der Waals surface area (Å²) in [7, 11) is 1.98. The van der Waals surface area contributed by atoms with E-state index in [4.69, 9.17) is 9.40 Å². The van der Waals surface area contributed by atoms with Crippen molar-refractivity contribution in [2.75, 3.05) is 10.6 Å². The third-order valence-corrected chi connectivity index (χ3v) is 8.71. The van der Waals surface area contributed by atoms with E-state index in [2.05, 4.69) is 45.9 Å². The van der Waals surface area contributed by atoms with Gasteiger partial charge in [0.05, 0.1) is 16.9 Å². The molecule has 5 heterocycles. The number of aromatic nitrogens is 4. The fourth-order valence-electron chi connectivity index (χ4n) is 6.90. The van der Waals surface area contributed by atoms with Crippen LogP contribution in [-0.4, -0.2) is 43.7 Å². The van der Waals surface area contributed by atoms with Crippen molar-refractivity contribution < 1.29 is 9.21 Å². The molecule has 2 bridgehead atoms. The molecule has 3 aromatic heterocycles. The summed E-state index contributed by atoms with van der Waals surface area (Å²) in [5.74, 6) is 0.434. The van der Waals surface area contributed by atoms with E-state index in [1.54, 1.807) is 12.3 Å². The summed E-state index contributed by atoms with van der Waals surface area (Å²) in [6.07, 6.45) is 5.95. The molecule has 1 unspecified atom stereocenters. The van der Waals surface area contributed by atoms with Crippen LogP contribution >= 0.6 is 0 Å². The molecule has 2 saturated heterocycles. The second-order valence-electron chi connectivity index (χ2n) is 12.1. The Morgan fingerprint density at radius 3 is 2.60 bits per heavy atom. The highest BCUT2D eigenvalue weighted by Crippen LogP contribution is 2.34. The predicted octanol–water partition coefficient (Wildman–Crippen LogP) is 5.90. The van der Waals surface area contributed by atoms with Crippen LogP contribution in [0.2, 0.25) is 0 Å². The van der Waals surface area contributed by atoms with Crippen LogP contribution in [0.1, 0.15) is 68.4 Å². The monoisotopic (exact) mass is 577 g/mol. The van der Waals surface area contributed by atoms with Crippen molar-refractivity contribution in [2.45, 2.75) is 70.5 Å². The second kappa shape index (κ2) is 10.6. The fourth-order valence-corrected chi connectivity index (χ4v) is 6.90. The van der Waals surface area contributed by atoms with Crippen LogP contribution in [0.3, 0.4) is 0 Å². The first-order valence-corrected chi connectivity index (χ1v) is 14.9. The van der Waals surface area contributed by atoms with Gasteiger partial charge in [0.25, 0.3) is 0 Å². The molecule has 0 saturated carbocycles. The molecule has 220 valence electrons. The number of rotatable bonds is 7. The third kappa shape index (κ3) is 5.05. The summed E-state index contributed by atoms with van der Waals surface area (Å²) in [6, 6.07) is 14.7. The van der Waals surface area contributed by atoms with E-state index < -0.39 is 5.63 Å². The van der Waals surface area contributed by atoms with Gasteiger partial charge in [-0.15, -0.1) is 0 Å². The molecule has 0 aliphatic carbocycles. The summed E-state index contributed by atoms with van der Waals surface area (Å²) in [5.41, 5.74) is 4.92. The molecule has 3 atom stereocenters. The standard InChI is InChI=1S/C33H35N7O3/c1-17(2)31-25-13-19(5-10-27(25)39-40(31)4)26-11-12-34-33(38-26)37-22-8-9-24-28(16-22)43-32(42)29(18(3)41)30(24)36-23-14-20-6-7-21(15-23)35-20/h5,8-13,16-17,20-21,23,35-36H,6-7,14-15H2,1-4H3,(H,34,37,38)/t20-,21+,23?. The van der Waals surface area contributed by atoms with Gasteiger partial charge < -0.3 is 20.4 Å². The molecule has 7 rings (SSSR count). The van der Waals surface area contributed by atoms with Crippen LogP contribution in [-0.2, 0) is 7.05 Å². The molecule has 10 heteroatoms. The average molecular weight is 578 g/mol. The Bertz CT molecular complexity index is 1930. The number of hydrogen-bond donors (Lipinski definition) is 3. The summed E-state index contributed by atoms with van der Waals surface area (Å²) in [4.78, 5) is 34.8. The minimum absolute atomic E-state index is 0.0707. The van der Waals surface area contributed by atoms with Crippen molar-refractivity contribution in [2.24, 2.45) is 7.05 Å². The van der Waals surface area contributed by atoms with E-state index in [1.807, 2.05) is 42.1 Å². The summed E-state index contributed by atoms with van der Waals surface area (Å²) in [5, 5.41) is 16.9. The molecule has 2 fully saturated rings. The summed E-state index contributed by atoms with van der Waals surface area (Å²) >= 11 is 0. The van der Waals surface area contributed by atoms with Crippen molar-refractivity contribution in [3.8, 4) is 11.3 Å². The highest BCUT2D eigenvalue weighted by Gasteiger charge is 2.34. The Morgan fingerprint density at radius 1 is 1.07 bits per heavy atom. The number of piperidine rings is 1. The molecule has 10 nitrogen and oxygen atoms in total. The van der Waals surface area contributed by atoms with Gasteiger partial charge in [-0.25, -0.2) is 14.8 Å². The van der Waals surface area contributed by atoms with Gasteiger partial charge in [0, 0.05) is 65.2 Å².